The maximum atomic E-state index is 5.81. The minimum absolute atomic E-state index is 0.0814. The van der Waals surface area contributed by atoms with Crippen molar-refractivity contribution in [2.24, 2.45) is 5.73 Å². The van der Waals surface area contributed by atoms with Crippen molar-refractivity contribution in [2.45, 2.75) is 33.7 Å². The van der Waals surface area contributed by atoms with Crippen molar-refractivity contribution in [3.8, 4) is 0 Å². The first-order valence-corrected chi connectivity index (χ1v) is 5.13. The molecule has 0 aliphatic rings. The monoisotopic (exact) mass is 191 g/mol. The van der Waals surface area contributed by atoms with E-state index in [1.54, 1.807) is 0 Å². The van der Waals surface area contributed by atoms with Crippen LogP contribution in [0.4, 0.5) is 0 Å². The molecule has 1 heteroatoms. The second-order valence-corrected chi connectivity index (χ2v) is 3.16. The van der Waals surface area contributed by atoms with Gasteiger partial charge in [0.2, 0.25) is 0 Å². The van der Waals surface area contributed by atoms with Crippen molar-refractivity contribution in [1.82, 2.24) is 0 Å². The molecule has 2 N–H and O–H groups in total. The molecule has 1 aromatic carbocycles. The van der Waals surface area contributed by atoms with E-state index in [4.69, 9.17) is 5.73 Å². The molecule has 0 spiro atoms. The van der Waals surface area contributed by atoms with Crippen LogP contribution in [0.2, 0.25) is 0 Å². The summed E-state index contributed by atoms with van der Waals surface area (Å²) in [6.07, 6.45) is 0. The Kier molecular flexibility index (Phi) is 5.89. The average molecular weight is 191 g/mol. The fourth-order valence-corrected chi connectivity index (χ4v) is 1.28. The zero-order chi connectivity index (χ0) is 11.1. The fraction of sp³-hybridized carbons (Fsp3) is 0.385. The number of nitrogens with two attached hydrogens (primary N) is 1. The molecule has 0 aliphatic carbocycles. The molecule has 1 aromatic rings. The zero-order valence-electron chi connectivity index (χ0n) is 9.67. The molecule has 0 bridgehead atoms. The lowest BCUT2D eigenvalue weighted by Crippen LogP contribution is -2.07. The maximum absolute atomic E-state index is 5.81. The lowest BCUT2D eigenvalue weighted by atomic mass is 9.98. The molecule has 1 atom stereocenters. The smallest absolute Gasteiger partial charge is 0.0272 e. The largest absolute Gasteiger partial charge is 0.324 e. The Morgan fingerprint density at radius 2 is 1.79 bits per heavy atom. The zero-order valence-corrected chi connectivity index (χ0v) is 9.67. The van der Waals surface area contributed by atoms with Gasteiger partial charge < -0.3 is 5.73 Å². The van der Waals surface area contributed by atoms with Gasteiger partial charge in [0.25, 0.3) is 0 Å². The Hall–Kier alpha value is -1.08. The predicted octanol–water partition coefficient (Wildman–Crippen LogP) is 3.77. The van der Waals surface area contributed by atoms with Gasteiger partial charge in [-0.2, -0.15) is 0 Å². The van der Waals surface area contributed by atoms with Crippen LogP contribution < -0.4 is 5.73 Å². The first-order valence-electron chi connectivity index (χ1n) is 5.13. The van der Waals surface area contributed by atoms with Gasteiger partial charge in [-0.3, -0.25) is 0 Å². The van der Waals surface area contributed by atoms with Gasteiger partial charge in [-0.05, 0) is 25.0 Å². The van der Waals surface area contributed by atoms with E-state index < -0.39 is 0 Å². The Morgan fingerprint density at radius 1 is 1.29 bits per heavy atom. The van der Waals surface area contributed by atoms with E-state index in [2.05, 4.69) is 18.7 Å². The normalized spacial score (nSPS) is 11.2. The highest BCUT2D eigenvalue weighted by Crippen LogP contribution is 2.21. The van der Waals surface area contributed by atoms with Gasteiger partial charge in [0.1, 0.15) is 0 Å². The summed E-state index contributed by atoms with van der Waals surface area (Å²) in [4.78, 5) is 0. The van der Waals surface area contributed by atoms with Gasteiger partial charge in [-0.25, -0.2) is 0 Å². The molecule has 0 aromatic heterocycles. The Bertz CT molecular complexity index is 287. The van der Waals surface area contributed by atoms with Crippen molar-refractivity contribution in [2.75, 3.05) is 0 Å². The number of benzene rings is 1. The summed E-state index contributed by atoms with van der Waals surface area (Å²) in [6, 6.07) is 8.20. The third-order valence-electron chi connectivity index (χ3n) is 1.91. The van der Waals surface area contributed by atoms with E-state index in [1.807, 2.05) is 39.8 Å². The Balaban J connectivity index is 0.000000791. The molecule has 0 aliphatic heterocycles. The molecule has 0 amide bonds. The quantitative estimate of drug-likeness (QED) is 0.756. The second kappa shape index (κ2) is 6.39. The highest BCUT2D eigenvalue weighted by molar-refractivity contribution is 5.64. The molecule has 14 heavy (non-hydrogen) atoms. The highest BCUT2D eigenvalue weighted by atomic mass is 14.6. The molecule has 1 unspecified atom stereocenters. The first-order chi connectivity index (χ1) is 6.63. The van der Waals surface area contributed by atoms with Crippen LogP contribution in [-0.2, 0) is 0 Å². The van der Waals surface area contributed by atoms with Crippen LogP contribution in [0.15, 0.2) is 30.8 Å². The van der Waals surface area contributed by atoms with Gasteiger partial charge in [-0.15, -0.1) is 0 Å². The van der Waals surface area contributed by atoms with Gasteiger partial charge in [0.05, 0.1) is 0 Å². The lowest BCUT2D eigenvalue weighted by Gasteiger charge is -2.11. The van der Waals surface area contributed by atoms with Crippen LogP contribution in [0.1, 0.15) is 44.9 Å². The summed E-state index contributed by atoms with van der Waals surface area (Å²) in [5.41, 5.74) is 9.23. The number of allylic oxidation sites excluding steroid dienone is 1. The molecule has 0 fully saturated rings. The van der Waals surface area contributed by atoms with E-state index in [0.29, 0.717) is 0 Å². The van der Waals surface area contributed by atoms with Crippen molar-refractivity contribution < 1.29 is 0 Å². The van der Waals surface area contributed by atoms with Crippen LogP contribution in [0.5, 0.6) is 0 Å². The molecule has 0 saturated heterocycles. The summed E-state index contributed by atoms with van der Waals surface area (Å²) in [5.74, 6) is 0. The molecular weight excluding hydrogens is 170 g/mol. The Morgan fingerprint density at radius 3 is 2.14 bits per heavy atom. The second-order valence-electron chi connectivity index (χ2n) is 3.16. The topological polar surface area (TPSA) is 26.0 Å². The highest BCUT2D eigenvalue weighted by Gasteiger charge is 2.04. The summed E-state index contributed by atoms with van der Waals surface area (Å²) in [6.45, 7) is 11.9. The number of rotatable bonds is 2. The number of hydrogen-bond acceptors (Lipinski definition) is 1. The summed E-state index contributed by atoms with van der Waals surface area (Å²) >= 11 is 0. The van der Waals surface area contributed by atoms with Crippen LogP contribution in [0.3, 0.4) is 0 Å². The van der Waals surface area contributed by atoms with Crippen LogP contribution in [0, 0.1) is 0 Å². The standard InChI is InChI=1S/C11H15N.C2H6/c1-8(2)10-6-4-5-7-11(10)9(3)12;1-2/h4-7,9H,1,12H2,2-3H3;1-2H3. The first kappa shape index (κ1) is 12.9. The fourth-order valence-electron chi connectivity index (χ4n) is 1.28. The minimum Gasteiger partial charge on any atom is -0.324 e. The van der Waals surface area contributed by atoms with Crippen LogP contribution >= 0.6 is 0 Å². The van der Waals surface area contributed by atoms with Gasteiger partial charge in [0, 0.05) is 6.04 Å². The van der Waals surface area contributed by atoms with E-state index >= 15 is 0 Å². The number of hydrogen-bond donors (Lipinski definition) is 1. The van der Waals surface area contributed by atoms with Crippen molar-refractivity contribution in [1.29, 1.82) is 0 Å². The van der Waals surface area contributed by atoms with E-state index in [0.717, 1.165) is 5.57 Å². The van der Waals surface area contributed by atoms with Crippen molar-refractivity contribution >= 4 is 5.57 Å². The lowest BCUT2D eigenvalue weighted by molar-refractivity contribution is 0.815. The third-order valence-corrected chi connectivity index (χ3v) is 1.91. The molecule has 1 rings (SSSR count). The predicted molar refractivity (Wildman–Crippen MR) is 65.1 cm³/mol. The maximum Gasteiger partial charge on any atom is 0.0272 e. The summed E-state index contributed by atoms with van der Waals surface area (Å²) in [7, 11) is 0. The average Bonchev–Trinajstić information content (AvgIpc) is 2.20. The van der Waals surface area contributed by atoms with Gasteiger partial charge in [0.15, 0.2) is 0 Å². The molecule has 0 saturated carbocycles. The minimum atomic E-state index is 0.0814. The van der Waals surface area contributed by atoms with Crippen molar-refractivity contribution in [3.63, 3.8) is 0 Å². The molecule has 1 nitrogen and oxygen atoms in total. The Labute approximate surface area is 87.6 Å². The van der Waals surface area contributed by atoms with Crippen LogP contribution in [0.25, 0.3) is 5.57 Å². The van der Waals surface area contributed by atoms with Crippen molar-refractivity contribution in [3.05, 3.63) is 42.0 Å². The SMILES string of the molecule is C=C(C)c1ccccc1C(C)N.CC. The van der Waals surface area contributed by atoms with E-state index in [9.17, 15) is 0 Å². The third kappa shape index (κ3) is 3.35. The molecule has 78 valence electrons. The molecule has 0 heterocycles. The summed E-state index contributed by atoms with van der Waals surface area (Å²) in [5, 5.41) is 0. The molecule has 0 radical (unpaired) electrons. The van der Waals surface area contributed by atoms with Gasteiger partial charge in [-0.1, -0.05) is 50.3 Å². The summed E-state index contributed by atoms with van der Waals surface area (Å²) < 4.78 is 0. The van der Waals surface area contributed by atoms with E-state index in [1.165, 1.54) is 11.1 Å². The van der Waals surface area contributed by atoms with Gasteiger partial charge >= 0.3 is 0 Å². The van der Waals surface area contributed by atoms with E-state index in [-0.39, 0.29) is 6.04 Å². The molecular formula is C13H21N. The van der Waals surface area contributed by atoms with Crippen LogP contribution in [-0.4, -0.2) is 0 Å².